The number of hydrogen-bond donors (Lipinski definition) is 3. The van der Waals surface area contributed by atoms with Crippen LogP contribution in [-0.4, -0.2) is 37.0 Å². The zero-order valence-corrected chi connectivity index (χ0v) is 14.0. The monoisotopic (exact) mass is 308 g/mol. The summed E-state index contributed by atoms with van der Waals surface area (Å²) in [5.41, 5.74) is 2.52. The number of aliphatic hydroxyl groups excluding tert-OH is 1. The summed E-state index contributed by atoms with van der Waals surface area (Å²) in [5.74, 6) is 0. The van der Waals surface area contributed by atoms with Crippen molar-refractivity contribution in [3.05, 3.63) is 29.3 Å². The number of aryl methyl sites for hydroxylation is 2. The van der Waals surface area contributed by atoms with Gasteiger partial charge in [0.2, 0.25) is 0 Å². The van der Waals surface area contributed by atoms with Gasteiger partial charge in [0, 0.05) is 19.4 Å². The fourth-order valence-electron chi connectivity index (χ4n) is 2.56. The van der Waals surface area contributed by atoms with Crippen molar-refractivity contribution in [2.45, 2.75) is 45.6 Å². The molecule has 124 valence electrons. The average Bonchev–Trinajstić information content (AvgIpc) is 2.47. The standard InChI is InChI=1S/C17H28N2O3/c1-5-13-8-7-9-14(6-2)15(13)18-16(21)19-17(3,10-11-20)12-22-4/h7-9,20H,5-6,10-12H2,1-4H3,(H2,18,19,21). The van der Waals surface area contributed by atoms with E-state index in [1.54, 1.807) is 7.11 Å². The van der Waals surface area contributed by atoms with E-state index in [0.717, 1.165) is 29.7 Å². The van der Waals surface area contributed by atoms with Crippen molar-refractivity contribution in [3.8, 4) is 0 Å². The van der Waals surface area contributed by atoms with Gasteiger partial charge in [-0.2, -0.15) is 0 Å². The second kappa shape index (κ2) is 8.76. The molecule has 1 atom stereocenters. The Morgan fingerprint density at radius 2 is 1.86 bits per heavy atom. The van der Waals surface area contributed by atoms with Crippen molar-refractivity contribution >= 4 is 11.7 Å². The normalized spacial score (nSPS) is 13.5. The highest BCUT2D eigenvalue weighted by Gasteiger charge is 2.26. The maximum Gasteiger partial charge on any atom is 0.319 e. The van der Waals surface area contributed by atoms with Gasteiger partial charge in [0.15, 0.2) is 0 Å². The quantitative estimate of drug-likeness (QED) is 0.691. The molecule has 0 spiro atoms. The zero-order chi connectivity index (χ0) is 16.6. The van der Waals surface area contributed by atoms with Crippen LogP contribution in [0.15, 0.2) is 18.2 Å². The van der Waals surface area contributed by atoms with Gasteiger partial charge < -0.3 is 20.5 Å². The predicted molar refractivity (Wildman–Crippen MR) is 89.3 cm³/mol. The van der Waals surface area contributed by atoms with E-state index < -0.39 is 5.54 Å². The maximum atomic E-state index is 12.4. The number of methoxy groups -OCH3 is 1. The summed E-state index contributed by atoms with van der Waals surface area (Å²) in [6, 6.07) is 5.79. The van der Waals surface area contributed by atoms with E-state index in [0.29, 0.717) is 13.0 Å². The number of carbonyl (C=O) groups excluding carboxylic acids is 1. The largest absolute Gasteiger partial charge is 0.396 e. The molecule has 1 rings (SSSR count). The van der Waals surface area contributed by atoms with Crippen LogP contribution in [-0.2, 0) is 17.6 Å². The number of carbonyl (C=O) groups is 1. The summed E-state index contributed by atoms with van der Waals surface area (Å²) in [5, 5.41) is 15.0. The molecule has 0 fully saturated rings. The molecule has 0 aliphatic heterocycles. The molecule has 5 nitrogen and oxygen atoms in total. The Labute approximate surface area is 133 Å². The highest BCUT2D eigenvalue weighted by molar-refractivity contribution is 5.91. The van der Waals surface area contributed by atoms with Crippen molar-refractivity contribution in [1.82, 2.24) is 5.32 Å². The lowest BCUT2D eigenvalue weighted by atomic mass is 9.99. The highest BCUT2D eigenvalue weighted by atomic mass is 16.5. The molecule has 1 unspecified atom stereocenters. The number of ether oxygens (including phenoxy) is 1. The van der Waals surface area contributed by atoms with Crippen molar-refractivity contribution < 1.29 is 14.6 Å². The molecular formula is C17H28N2O3. The van der Waals surface area contributed by atoms with Gasteiger partial charge >= 0.3 is 6.03 Å². The topological polar surface area (TPSA) is 70.6 Å². The molecular weight excluding hydrogens is 280 g/mol. The smallest absolute Gasteiger partial charge is 0.319 e. The molecule has 0 saturated heterocycles. The first kappa shape index (κ1) is 18.5. The van der Waals surface area contributed by atoms with Crippen molar-refractivity contribution in [1.29, 1.82) is 0 Å². The summed E-state index contributed by atoms with van der Waals surface area (Å²) in [4.78, 5) is 12.4. The Balaban J connectivity index is 2.88. The molecule has 0 aliphatic rings. The number of benzene rings is 1. The Morgan fingerprint density at radius 1 is 1.27 bits per heavy atom. The van der Waals surface area contributed by atoms with Crippen LogP contribution >= 0.6 is 0 Å². The molecule has 1 aromatic carbocycles. The first-order valence-electron chi connectivity index (χ1n) is 7.79. The lowest BCUT2D eigenvalue weighted by Crippen LogP contribution is -2.51. The van der Waals surface area contributed by atoms with Crippen LogP contribution in [0.5, 0.6) is 0 Å². The van der Waals surface area contributed by atoms with E-state index >= 15 is 0 Å². The van der Waals surface area contributed by atoms with Crippen LogP contribution in [0.3, 0.4) is 0 Å². The molecule has 1 aromatic rings. The van der Waals surface area contributed by atoms with Crippen LogP contribution in [0.2, 0.25) is 0 Å². The van der Waals surface area contributed by atoms with Crippen molar-refractivity contribution in [2.75, 3.05) is 25.6 Å². The van der Waals surface area contributed by atoms with E-state index in [4.69, 9.17) is 9.84 Å². The summed E-state index contributed by atoms with van der Waals surface area (Å²) in [7, 11) is 1.58. The van der Waals surface area contributed by atoms with Crippen LogP contribution < -0.4 is 10.6 Å². The number of rotatable bonds is 8. The summed E-state index contributed by atoms with van der Waals surface area (Å²) >= 11 is 0. The van der Waals surface area contributed by atoms with E-state index in [-0.39, 0.29) is 12.6 Å². The highest BCUT2D eigenvalue weighted by Crippen LogP contribution is 2.22. The van der Waals surface area contributed by atoms with Gasteiger partial charge in [-0.05, 0) is 37.3 Å². The van der Waals surface area contributed by atoms with Gasteiger partial charge in [-0.25, -0.2) is 4.79 Å². The minimum absolute atomic E-state index is 0.00804. The minimum atomic E-state index is -0.596. The fraction of sp³-hybridized carbons (Fsp3) is 0.588. The molecule has 0 aliphatic carbocycles. The average molecular weight is 308 g/mol. The number of urea groups is 1. The molecule has 0 heterocycles. The molecule has 5 heteroatoms. The Morgan fingerprint density at radius 3 is 2.32 bits per heavy atom. The first-order valence-corrected chi connectivity index (χ1v) is 7.79. The van der Waals surface area contributed by atoms with E-state index in [1.807, 2.05) is 25.1 Å². The lowest BCUT2D eigenvalue weighted by Gasteiger charge is -2.30. The second-order valence-corrected chi connectivity index (χ2v) is 5.70. The summed E-state index contributed by atoms with van der Waals surface area (Å²) < 4.78 is 5.15. The molecule has 0 radical (unpaired) electrons. The number of amides is 2. The van der Waals surface area contributed by atoms with Gasteiger partial charge in [0.25, 0.3) is 0 Å². The van der Waals surface area contributed by atoms with Gasteiger partial charge in [0.1, 0.15) is 0 Å². The Hall–Kier alpha value is -1.59. The van der Waals surface area contributed by atoms with Gasteiger partial charge in [0.05, 0.1) is 12.1 Å². The van der Waals surface area contributed by atoms with Crippen LogP contribution in [0.25, 0.3) is 0 Å². The molecule has 2 amide bonds. The SMILES string of the molecule is CCc1cccc(CC)c1NC(=O)NC(C)(CCO)COC. The van der Waals surface area contributed by atoms with Crippen molar-refractivity contribution in [2.24, 2.45) is 0 Å². The Kier molecular flexibility index (Phi) is 7.35. The summed E-state index contributed by atoms with van der Waals surface area (Å²) in [6.07, 6.45) is 2.15. The third-order valence-corrected chi connectivity index (χ3v) is 3.78. The number of anilines is 1. The Bertz CT molecular complexity index is 461. The second-order valence-electron chi connectivity index (χ2n) is 5.70. The van der Waals surface area contributed by atoms with Crippen LogP contribution in [0.4, 0.5) is 10.5 Å². The molecule has 3 N–H and O–H groups in total. The molecule has 22 heavy (non-hydrogen) atoms. The number of para-hydroxylation sites is 1. The first-order chi connectivity index (χ1) is 10.5. The molecule has 0 aromatic heterocycles. The van der Waals surface area contributed by atoms with Crippen LogP contribution in [0, 0.1) is 0 Å². The van der Waals surface area contributed by atoms with E-state index in [2.05, 4.69) is 24.5 Å². The van der Waals surface area contributed by atoms with Crippen molar-refractivity contribution in [3.63, 3.8) is 0 Å². The third-order valence-electron chi connectivity index (χ3n) is 3.78. The van der Waals surface area contributed by atoms with Gasteiger partial charge in [-0.15, -0.1) is 0 Å². The van der Waals surface area contributed by atoms with Gasteiger partial charge in [-0.3, -0.25) is 0 Å². The van der Waals surface area contributed by atoms with Crippen LogP contribution in [0.1, 0.15) is 38.3 Å². The maximum absolute atomic E-state index is 12.4. The molecule has 0 saturated carbocycles. The lowest BCUT2D eigenvalue weighted by molar-refractivity contribution is 0.104. The minimum Gasteiger partial charge on any atom is -0.396 e. The third kappa shape index (κ3) is 5.00. The van der Waals surface area contributed by atoms with E-state index in [9.17, 15) is 4.79 Å². The number of nitrogens with one attached hydrogen (secondary N) is 2. The summed E-state index contributed by atoms with van der Waals surface area (Å²) in [6.45, 7) is 6.33. The zero-order valence-electron chi connectivity index (χ0n) is 14.0. The van der Waals surface area contributed by atoms with Gasteiger partial charge in [-0.1, -0.05) is 32.0 Å². The fourth-order valence-corrected chi connectivity index (χ4v) is 2.56. The molecule has 0 bridgehead atoms. The number of hydrogen-bond acceptors (Lipinski definition) is 3. The van der Waals surface area contributed by atoms with E-state index in [1.165, 1.54) is 0 Å². The predicted octanol–water partition coefficient (Wildman–Crippen LogP) is 2.72. The number of aliphatic hydroxyl groups is 1.